The molecule has 0 unspecified atom stereocenters. The maximum absolute atomic E-state index is 12.6. The summed E-state index contributed by atoms with van der Waals surface area (Å²) in [6, 6.07) is 9.16. The number of imidazole rings is 1. The summed E-state index contributed by atoms with van der Waals surface area (Å²) in [5.41, 5.74) is 2.65. The number of thiazole rings is 1. The van der Waals surface area contributed by atoms with E-state index in [4.69, 9.17) is 21.3 Å². The lowest BCUT2D eigenvalue weighted by Gasteiger charge is -2.09. The number of fused-ring (bicyclic) bond motifs is 1. The van der Waals surface area contributed by atoms with Crippen molar-refractivity contribution < 1.29 is 4.74 Å². The molecule has 3 aromatic heterocycles. The Labute approximate surface area is 170 Å². The summed E-state index contributed by atoms with van der Waals surface area (Å²) in [5, 5.41) is 0.766. The van der Waals surface area contributed by atoms with E-state index < -0.39 is 0 Å². The fourth-order valence-corrected chi connectivity index (χ4v) is 4.19. The van der Waals surface area contributed by atoms with Crippen molar-refractivity contribution in [1.82, 2.24) is 19.1 Å². The number of halogens is 1. The molecule has 1 aliphatic carbocycles. The quantitative estimate of drug-likeness (QED) is 0.490. The first-order chi connectivity index (χ1) is 13.6. The molecule has 1 fully saturated rings. The third-order valence-corrected chi connectivity index (χ3v) is 5.99. The van der Waals surface area contributed by atoms with Crippen LogP contribution in [0.1, 0.15) is 29.6 Å². The third-order valence-electron chi connectivity index (χ3n) is 4.90. The Morgan fingerprint density at radius 3 is 2.86 bits per heavy atom. The van der Waals surface area contributed by atoms with Gasteiger partial charge in [-0.1, -0.05) is 11.6 Å². The van der Waals surface area contributed by atoms with E-state index in [9.17, 15) is 4.79 Å². The van der Waals surface area contributed by atoms with Gasteiger partial charge in [-0.05, 0) is 37.1 Å². The molecule has 0 N–H and O–H groups in total. The van der Waals surface area contributed by atoms with Crippen LogP contribution in [-0.4, -0.2) is 19.1 Å². The Bertz CT molecular complexity index is 1240. The standard InChI is InChI=1S/C20H17ClN4O2S/c1-24-16-8-13(4-5-15(16)23-20(24)12-2-3-12)25-7-6-14(9-19(25)26)27-11-18-22-10-17(21)28-18/h4-10,12H,2-3,11H2,1H3. The fraction of sp³-hybridized carbons (Fsp3) is 0.250. The normalized spacial score (nSPS) is 13.9. The highest BCUT2D eigenvalue weighted by molar-refractivity contribution is 7.15. The van der Waals surface area contributed by atoms with Crippen LogP contribution in [-0.2, 0) is 13.7 Å². The number of rotatable bonds is 5. The van der Waals surface area contributed by atoms with Gasteiger partial charge in [0.1, 0.15) is 27.5 Å². The van der Waals surface area contributed by atoms with Gasteiger partial charge < -0.3 is 9.30 Å². The number of hydrogen-bond acceptors (Lipinski definition) is 5. The van der Waals surface area contributed by atoms with E-state index in [1.807, 2.05) is 25.2 Å². The largest absolute Gasteiger partial charge is 0.486 e. The highest BCUT2D eigenvalue weighted by atomic mass is 35.5. The van der Waals surface area contributed by atoms with Gasteiger partial charge in [0.25, 0.3) is 5.56 Å². The van der Waals surface area contributed by atoms with Crippen molar-refractivity contribution in [3.63, 3.8) is 0 Å². The minimum atomic E-state index is -0.154. The molecule has 8 heteroatoms. The Morgan fingerprint density at radius 1 is 1.29 bits per heavy atom. The molecule has 0 saturated heterocycles. The van der Waals surface area contributed by atoms with Crippen molar-refractivity contribution in [1.29, 1.82) is 0 Å². The predicted octanol–water partition coefficient (Wildman–Crippen LogP) is 4.29. The monoisotopic (exact) mass is 412 g/mol. The molecule has 28 heavy (non-hydrogen) atoms. The van der Waals surface area contributed by atoms with Crippen molar-refractivity contribution in [2.75, 3.05) is 0 Å². The molecule has 0 atom stereocenters. The lowest BCUT2D eigenvalue weighted by molar-refractivity contribution is 0.304. The molecular weight excluding hydrogens is 396 g/mol. The van der Waals surface area contributed by atoms with Crippen molar-refractivity contribution >= 4 is 34.0 Å². The maximum Gasteiger partial charge on any atom is 0.258 e. The van der Waals surface area contributed by atoms with E-state index >= 15 is 0 Å². The Morgan fingerprint density at radius 2 is 2.14 bits per heavy atom. The zero-order valence-electron chi connectivity index (χ0n) is 15.1. The average molecular weight is 413 g/mol. The molecule has 0 amide bonds. The van der Waals surface area contributed by atoms with Crippen molar-refractivity contribution in [2.24, 2.45) is 7.05 Å². The number of nitrogens with zero attached hydrogens (tertiary/aromatic N) is 4. The molecule has 0 aliphatic heterocycles. The minimum absolute atomic E-state index is 0.154. The second-order valence-corrected chi connectivity index (χ2v) is 8.64. The van der Waals surface area contributed by atoms with Gasteiger partial charge in [0.2, 0.25) is 0 Å². The van der Waals surface area contributed by atoms with Gasteiger partial charge in [0.05, 0.1) is 22.9 Å². The number of aromatic nitrogens is 4. The first kappa shape index (κ1) is 17.5. The van der Waals surface area contributed by atoms with E-state index in [1.54, 1.807) is 23.0 Å². The van der Waals surface area contributed by atoms with E-state index in [0.717, 1.165) is 27.6 Å². The lowest BCUT2D eigenvalue weighted by Crippen LogP contribution is -2.16. The van der Waals surface area contributed by atoms with Crippen LogP contribution in [0.4, 0.5) is 0 Å². The highest BCUT2D eigenvalue weighted by Crippen LogP contribution is 2.40. The van der Waals surface area contributed by atoms with Gasteiger partial charge in [0.15, 0.2) is 0 Å². The van der Waals surface area contributed by atoms with E-state index in [-0.39, 0.29) is 12.2 Å². The smallest absolute Gasteiger partial charge is 0.258 e. The predicted molar refractivity (Wildman–Crippen MR) is 110 cm³/mol. The summed E-state index contributed by atoms with van der Waals surface area (Å²) >= 11 is 7.23. The number of hydrogen-bond donors (Lipinski definition) is 0. The maximum atomic E-state index is 12.6. The summed E-state index contributed by atoms with van der Waals surface area (Å²) in [6.07, 6.45) is 5.73. The van der Waals surface area contributed by atoms with Crippen LogP contribution >= 0.6 is 22.9 Å². The van der Waals surface area contributed by atoms with Crippen molar-refractivity contribution in [3.05, 3.63) is 68.2 Å². The Kier molecular flexibility index (Phi) is 4.21. The summed E-state index contributed by atoms with van der Waals surface area (Å²) < 4.78 is 10.0. The number of ether oxygens (including phenoxy) is 1. The Hall–Kier alpha value is -2.64. The fourth-order valence-electron chi connectivity index (χ4n) is 3.32. The number of pyridine rings is 1. The second kappa shape index (κ2) is 6.76. The van der Waals surface area contributed by atoms with Gasteiger partial charge in [-0.25, -0.2) is 9.97 Å². The molecular formula is C20H17ClN4O2S. The van der Waals surface area contributed by atoms with Crippen LogP contribution in [0, 0.1) is 0 Å². The first-order valence-electron chi connectivity index (χ1n) is 9.01. The summed E-state index contributed by atoms with van der Waals surface area (Å²) in [6.45, 7) is 0.283. The summed E-state index contributed by atoms with van der Waals surface area (Å²) in [5.74, 6) is 2.21. The van der Waals surface area contributed by atoms with Gasteiger partial charge in [0, 0.05) is 25.2 Å². The molecule has 142 valence electrons. The van der Waals surface area contributed by atoms with Crippen LogP contribution < -0.4 is 10.3 Å². The second-order valence-electron chi connectivity index (χ2n) is 6.89. The van der Waals surface area contributed by atoms with Crippen LogP contribution in [0.3, 0.4) is 0 Å². The lowest BCUT2D eigenvalue weighted by atomic mass is 10.2. The van der Waals surface area contributed by atoms with Gasteiger partial charge in [-0.2, -0.15) is 0 Å². The van der Waals surface area contributed by atoms with Gasteiger partial charge in [-0.15, -0.1) is 11.3 Å². The molecule has 1 saturated carbocycles. The molecule has 0 radical (unpaired) electrons. The van der Waals surface area contributed by atoms with Crippen LogP contribution in [0.2, 0.25) is 4.34 Å². The van der Waals surface area contributed by atoms with E-state index in [1.165, 1.54) is 30.2 Å². The molecule has 6 nitrogen and oxygen atoms in total. The van der Waals surface area contributed by atoms with E-state index in [0.29, 0.717) is 16.0 Å². The summed E-state index contributed by atoms with van der Waals surface area (Å²) in [4.78, 5) is 21.5. The highest BCUT2D eigenvalue weighted by Gasteiger charge is 2.28. The average Bonchev–Trinajstić information content (AvgIpc) is 3.37. The van der Waals surface area contributed by atoms with Crippen LogP contribution in [0.25, 0.3) is 16.7 Å². The summed E-state index contributed by atoms with van der Waals surface area (Å²) in [7, 11) is 2.04. The van der Waals surface area contributed by atoms with Gasteiger partial charge in [-0.3, -0.25) is 9.36 Å². The zero-order valence-corrected chi connectivity index (χ0v) is 16.7. The topological polar surface area (TPSA) is 61.9 Å². The van der Waals surface area contributed by atoms with Gasteiger partial charge >= 0.3 is 0 Å². The van der Waals surface area contributed by atoms with Crippen LogP contribution in [0.5, 0.6) is 5.75 Å². The number of benzene rings is 1. The molecule has 4 aromatic rings. The molecule has 1 aliphatic rings. The third kappa shape index (κ3) is 3.21. The van der Waals surface area contributed by atoms with Crippen LogP contribution in [0.15, 0.2) is 47.5 Å². The molecule has 0 spiro atoms. The molecule has 3 heterocycles. The minimum Gasteiger partial charge on any atom is -0.486 e. The zero-order chi connectivity index (χ0) is 19.3. The molecule has 0 bridgehead atoms. The first-order valence-corrected chi connectivity index (χ1v) is 10.2. The van der Waals surface area contributed by atoms with E-state index in [2.05, 4.69) is 9.55 Å². The SMILES string of the molecule is Cn1c(C2CC2)nc2ccc(-n3ccc(OCc4ncc(Cl)s4)cc3=O)cc21. The van der Waals surface area contributed by atoms with Crippen molar-refractivity contribution in [2.45, 2.75) is 25.4 Å². The van der Waals surface area contributed by atoms with Crippen molar-refractivity contribution in [3.8, 4) is 11.4 Å². The molecule has 1 aromatic carbocycles. The Balaban J connectivity index is 1.42. The number of aryl methyl sites for hydroxylation is 1. The molecule has 5 rings (SSSR count).